The van der Waals surface area contributed by atoms with E-state index < -0.39 is 18.0 Å². The summed E-state index contributed by atoms with van der Waals surface area (Å²) in [6.07, 6.45) is -2.41. The summed E-state index contributed by atoms with van der Waals surface area (Å²) in [6.45, 7) is -0.117. The molecule has 0 aliphatic carbocycles. The van der Waals surface area contributed by atoms with Crippen LogP contribution >= 0.6 is 11.6 Å². The van der Waals surface area contributed by atoms with Crippen molar-refractivity contribution in [3.05, 3.63) is 34.6 Å². The molecule has 0 aromatic heterocycles. The second kappa shape index (κ2) is 4.70. The second-order valence-corrected chi connectivity index (χ2v) is 3.32. The number of aliphatic hydroxyl groups is 2. The van der Waals surface area contributed by atoms with Crippen LogP contribution in [0.15, 0.2) is 18.2 Å². The third-order valence-electron chi connectivity index (χ3n) is 1.88. The molecule has 1 rings (SSSR count). The summed E-state index contributed by atoms with van der Waals surface area (Å²) < 4.78 is 12.8. The summed E-state index contributed by atoms with van der Waals surface area (Å²) in [7, 11) is 0. The van der Waals surface area contributed by atoms with Gasteiger partial charge in [0, 0.05) is 17.1 Å². The van der Waals surface area contributed by atoms with Crippen molar-refractivity contribution in [2.75, 3.05) is 6.54 Å². The average molecular weight is 220 g/mol. The van der Waals surface area contributed by atoms with Crippen molar-refractivity contribution in [3.8, 4) is 0 Å². The maximum atomic E-state index is 12.8. The Morgan fingerprint density at radius 1 is 1.43 bits per heavy atom. The van der Waals surface area contributed by atoms with Gasteiger partial charge in [0.05, 0.1) is 6.10 Å². The predicted molar refractivity (Wildman–Crippen MR) is 51.4 cm³/mol. The van der Waals surface area contributed by atoms with Crippen LogP contribution in [0.25, 0.3) is 0 Å². The van der Waals surface area contributed by atoms with E-state index in [0.717, 1.165) is 6.07 Å². The monoisotopic (exact) mass is 219 g/mol. The molecule has 5 heteroatoms. The van der Waals surface area contributed by atoms with Gasteiger partial charge in [0.2, 0.25) is 0 Å². The highest BCUT2D eigenvalue weighted by atomic mass is 35.5. The predicted octanol–water partition coefficient (Wildman–Crippen LogP) is 0.832. The SMILES string of the molecule is NCC(O)C(O)c1cc(F)ccc1Cl. The van der Waals surface area contributed by atoms with Crippen LogP contribution in [0.1, 0.15) is 11.7 Å². The number of hydrogen-bond acceptors (Lipinski definition) is 3. The molecule has 1 aromatic rings. The van der Waals surface area contributed by atoms with Crippen molar-refractivity contribution >= 4 is 11.6 Å². The molecular formula is C9H11ClFNO2. The van der Waals surface area contributed by atoms with E-state index in [1.165, 1.54) is 12.1 Å². The zero-order chi connectivity index (χ0) is 10.7. The Hall–Kier alpha value is -0.680. The maximum Gasteiger partial charge on any atom is 0.123 e. The largest absolute Gasteiger partial charge is 0.389 e. The van der Waals surface area contributed by atoms with Gasteiger partial charge >= 0.3 is 0 Å². The van der Waals surface area contributed by atoms with E-state index in [4.69, 9.17) is 17.3 Å². The van der Waals surface area contributed by atoms with Crippen molar-refractivity contribution in [2.45, 2.75) is 12.2 Å². The molecule has 0 bridgehead atoms. The summed E-state index contributed by atoms with van der Waals surface area (Å²) >= 11 is 5.71. The molecule has 0 amide bonds. The summed E-state index contributed by atoms with van der Waals surface area (Å²) in [5, 5.41) is 19.0. The molecule has 0 spiro atoms. The van der Waals surface area contributed by atoms with Gasteiger partial charge < -0.3 is 15.9 Å². The standard InChI is InChI=1S/C9H11ClFNO2/c10-7-2-1-5(11)3-6(7)9(14)8(13)4-12/h1-3,8-9,13-14H,4,12H2. The third-order valence-corrected chi connectivity index (χ3v) is 2.23. The first-order chi connectivity index (χ1) is 6.56. The highest BCUT2D eigenvalue weighted by Gasteiger charge is 2.19. The smallest absolute Gasteiger partial charge is 0.123 e. The topological polar surface area (TPSA) is 66.5 Å². The zero-order valence-electron chi connectivity index (χ0n) is 7.32. The average Bonchev–Trinajstić information content (AvgIpc) is 2.19. The van der Waals surface area contributed by atoms with Crippen LogP contribution in [0, 0.1) is 5.82 Å². The van der Waals surface area contributed by atoms with Crippen LogP contribution in [-0.2, 0) is 0 Å². The van der Waals surface area contributed by atoms with Crippen molar-refractivity contribution in [2.24, 2.45) is 5.73 Å². The lowest BCUT2D eigenvalue weighted by Crippen LogP contribution is -2.27. The molecule has 2 unspecified atom stereocenters. The Kier molecular flexibility index (Phi) is 3.83. The van der Waals surface area contributed by atoms with E-state index in [-0.39, 0.29) is 17.1 Å². The van der Waals surface area contributed by atoms with Crippen molar-refractivity contribution < 1.29 is 14.6 Å². The molecule has 14 heavy (non-hydrogen) atoms. The number of benzene rings is 1. The number of hydrogen-bond donors (Lipinski definition) is 3. The fourth-order valence-corrected chi connectivity index (χ4v) is 1.31. The summed E-state index contributed by atoms with van der Waals surface area (Å²) in [5.41, 5.74) is 5.29. The Morgan fingerprint density at radius 3 is 2.64 bits per heavy atom. The van der Waals surface area contributed by atoms with E-state index in [1.807, 2.05) is 0 Å². The Labute approximate surface area is 85.9 Å². The van der Waals surface area contributed by atoms with Crippen molar-refractivity contribution in [1.29, 1.82) is 0 Å². The lowest BCUT2D eigenvalue weighted by atomic mass is 10.0. The fourth-order valence-electron chi connectivity index (χ4n) is 1.08. The molecule has 0 saturated heterocycles. The van der Waals surface area contributed by atoms with Crippen LogP contribution in [0.2, 0.25) is 5.02 Å². The summed E-state index contributed by atoms with van der Waals surface area (Å²) in [4.78, 5) is 0. The van der Waals surface area contributed by atoms with Crippen LogP contribution in [-0.4, -0.2) is 22.9 Å². The molecule has 0 radical (unpaired) electrons. The molecule has 78 valence electrons. The van der Waals surface area contributed by atoms with E-state index in [0.29, 0.717) is 0 Å². The van der Waals surface area contributed by atoms with Gasteiger partial charge in [-0.2, -0.15) is 0 Å². The van der Waals surface area contributed by atoms with Crippen LogP contribution in [0.5, 0.6) is 0 Å². The first-order valence-electron chi connectivity index (χ1n) is 4.07. The van der Waals surface area contributed by atoms with E-state index >= 15 is 0 Å². The summed E-state index contributed by atoms with van der Waals surface area (Å²) in [6, 6.07) is 3.57. The first kappa shape index (κ1) is 11.4. The molecule has 4 N–H and O–H groups in total. The van der Waals surface area contributed by atoms with Gasteiger partial charge in [-0.15, -0.1) is 0 Å². The number of nitrogens with two attached hydrogens (primary N) is 1. The lowest BCUT2D eigenvalue weighted by molar-refractivity contribution is 0.0242. The fraction of sp³-hybridized carbons (Fsp3) is 0.333. The van der Waals surface area contributed by atoms with Gasteiger partial charge in [0.15, 0.2) is 0 Å². The molecule has 0 aliphatic rings. The summed E-state index contributed by atoms with van der Waals surface area (Å²) in [5.74, 6) is -0.521. The van der Waals surface area contributed by atoms with E-state index in [2.05, 4.69) is 0 Å². The zero-order valence-corrected chi connectivity index (χ0v) is 8.08. The molecular weight excluding hydrogens is 209 g/mol. The molecule has 0 heterocycles. The minimum atomic E-state index is -1.26. The molecule has 1 aromatic carbocycles. The van der Waals surface area contributed by atoms with Gasteiger partial charge in [-0.25, -0.2) is 4.39 Å². The maximum absolute atomic E-state index is 12.8. The lowest BCUT2D eigenvalue weighted by Gasteiger charge is -2.17. The van der Waals surface area contributed by atoms with Gasteiger partial charge in [0.1, 0.15) is 11.9 Å². The van der Waals surface area contributed by atoms with Crippen molar-refractivity contribution in [1.82, 2.24) is 0 Å². The van der Waals surface area contributed by atoms with Gasteiger partial charge in [-0.05, 0) is 18.2 Å². The van der Waals surface area contributed by atoms with Crippen molar-refractivity contribution in [3.63, 3.8) is 0 Å². The van der Waals surface area contributed by atoms with E-state index in [9.17, 15) is 14.6 Å². The molecule has 0 aliphatic heterocycles. The van der Waals surface area contributed by atoms with Gasteiger partial charge in [-0.3, -0.25) is 0 Å². The minimum Gasteiger partial charge on any atom is -0.389 e. The normalized spacial score (nSPS) is 15.2. The molecule has 3 nitrogen and oxygen atoms in total. The Bertz CT molecular complexity index is 322. The number of aliphatic hydroxyl groups excluding tert-OH is 2. The Morgan fingerprint density at radius 2 is 2.07 bits per heavy atom. The highest BCUT2D eigenvalue weighted by molar-refractivity contribution is 6.31. The number of halogens is 2. The van der Waals surface area contributed by atoms with Gasteiger partial charge in [0.25, 0.3) is 0 Å². The highest BCUT2D eigenvalue weighted by Crippen LogP contribution is 2.25. The molecule has 0 saturated carbocycles. The first-order valence-corrected chi connectivity index (χ1v) is 4.45. The third kappa shape index (κ3) is 2.42. The minimum absolute atomic E-state index is 0.117. The van der Waals surface area contributed by atoms with Crippen LogP contribution in [0.4, 0.5) is 4.39 Å². The molecule has 0 fully saturated rings. The van der Waals surface area contributed by atoms with Crippen LogP contribution in [0.3, 0.4) is 0 Å². The Balaban J connectivity index is 2.99. The molecule has 2 atom stereocenters. The van der Waals surface area contributed by atoms with E-state index in [1.54, 1.807) is 0 Å². The second-order valence-electron chi connectivity index (χ2n) is 2.91. The van der Waals surface area contributed by atoms with Crippen LogP contribution < -0.4 is 5.73 Å². The van der Waals surface area contributed by atoms with Gasteiger partial charge in [-0.1, -0.05) is 11.6 Å². The number of rotatable bonds is 3. The quantitative estimate of drug-likeness (QED) is 0.706.